The molecule has 0 radical (unpaired) electrons. The molecule has 72 valence electrons. The molecular weight excluding hydrogens is 162 g/mol. The van der Waals surface area contributed by atoms with Gasteiger partial charge in [0.1, 0.15) is 5.82 Å². The van der Waals surface area contributed by atoms with Crippen molar-refractivity contribution in [2.24, 2.45) is 0 Å². The summed E-state index contributed by atoms with van der Waals surface area (Å²) in [7, 11) is 0. The maximum absolute atomic E-state index is 4.55. The summed E-state index contributed by atoms with van der Waals surface area (Å²) in [5.74, 6) is 2.52. The van der Waals surface area contributed by atoms with Gasteiger partial charge in [-0.3, -0.25) is 5.10 Å². The number of rotatable bonds is 3. The van der Waals surface area contributed by atoms with Gasteiger partial charge >= 0.3 is 0 Å². The molecule has 1 saturated carbocycles. The minimum atomic E-state index is 0.337. The second kappa shape index (κ2) is 2.82. The lowest BCUT2D eigenvalue weighted by molar-refractivity contribution is 0.617. The van der Waals surface area contributed by atoms with Crippen molar-refractivity contribution < 1.29 is 0 Å². The van der Waals surface area contributed by atoms with Gasteiger partial charge in [-0.2, -0.15) is 5.10 Å². The molecular formula is C10H17N3. The fourth-order valence-electron chi connectivity index (χ4n) is 1.66. The summed E-state index contributed by atoms with van der Waals surface area (Å²) in [6.07, 6.45) is 3.69. The summed E-state index contributed by atoms with van der Waals surface area (Å²) in [4.78, 5) is 4.55. The van der Waals surface area contributed by atoms with Crippen molar-refractivity contribution in [1.29, 1.82) is 0 Å². The Morgan fingerprint density at radius 1 is 1.46 bits per heavy atom. The number of nitrogens with one attached hydrogen (secondary N) is 1. The average molecular weight is 179 g/mol. The van der Waals surface area contributed by atoms with Gasteiger partial charge in [0.05, 0.1) is 0 Å². The summed E-state index contributed by atoms with van der Waals surface area (Å²) >= 11 is 0. The monoisotopic (exact) mass is 179 g/mol. The molecule has 0 aromatic carbocycles. The largest absolute Gasteiger partial charge is 0.263 e. The summed E-state index contributed by atoms with van der Waals surface area (Å²) in [5, 5.41) is 7.33. The molecule has 1 aromatic heterocycles. The Labute approximate surface area is 79.0 Å². The Hall–Kier alpha value is -0.860. The zero-order valence-electron chi connectivity index (χ0n) is 8.59. The first-order chi connectivity index (χ1) is 6.18. The van der Waals surface area contributed by atoms with Crippen LogP contribution >= 0.6 is 0 Å². The summed E-state index contributed by atoms with van der Waals surface area (Å²) < 4.78 is 0. The second-order valence-electron chi connectivity index (χ2n) is 4.33. The molecule has 1 heterocycles. The van der Waals surface area contributed by atoms with Crippen LogP contribution in [0.3, 0.4) is 0 Å². The molecule has 1 aliphatic carbocycles. The SMILES string of the molecule is CCC1(c2n[nH]c(C(C)C)n2)CC1. The van der Waals surface area contributed by atoms with Crippen LogP contribution in [0, 0.1) is 0 Å². The second-order valence-corrected chi connectivity index (χ2v) is 4.33. The predicted molar refractivity (Wildman–Crippen MR) is 51.7 cm³/mol. The smallest absolute Gasteiger partial charge is 0.156 e. The van der Waals surface area contributed by atoms with Gasteiger partial charge in [0.25, 0.3) is 0 Å². The van der Waals surface area contributed by atoms with E-state index >= 15 is 0 Å². The molecule has 0 aliphatic heterocycles. The van der Waals surface area contributed by atoms with E-state index in [1.165, 1.54) is 19.3 Å². The van der Waals surface area contributed by atoms with Gasteiger partial charge in [0, 0.05) is 11.3 Å². The molecule has 3 heteroatoms. The molecule has 0 atom stereocenters. The summed E-state index contributed by atoms with van der Waals surface area (Å²) in [6.45, 7) is 6.49. The van der Waals surface area contributed by atoms with Gasteiger partial charge in [0.15, 0.2) is 5.82 Å². The molecule has 0 unspecified atom stereocenters. The number of aromatic nitrogens is 3. The highest BCUT2D eigenvalue weighted by atomic mass is 15.2. The van der Waals surface area contributed by atoms with Crippen LogP contribution in [0.1, 0.15) is 57.6 Å². The fraction of sp³-hybridized carbons (Fsp3) is 0.800. The van der Waals surface area contributed by atoms with Crippen molar-refractivity contribution in [3.05, 3.63) is 11.6 Å². The molecule has 3 nitrogen and oxygen atoms in total. The topological polar surface area (TPSA) is 41.6 Å². The highest BCUT2D eigenvalue weighted by molar-refractivity contribution is 5.17. The number of hydrogen-bond donors (Lipinski definition) is 1. The Morgan fingerprint density at radius 3 is 2.54 bits per heavy atom. The first kappa shape index (κ1) is 8.73. The molecule has 1 fully saturated rings. The zero-order chi connectivity index (χ0) is 9.47. The minimum absolute atomic E-state index is 0.337. The molecule has 1 aromatic rings. The lowest BCUT2D eigenvalue weighted by Gasteiger charge is -2.05. The minimum Gasteiger partial charge on any atom is -0.263 e. The fourth-order valence-corrected chi connectivity index (χ4v) is 1.66. The van der Waals surface area contributed by atoms with Crippen molar-refractivity contribution in [3.8, 4) is 0 Å². The standard InChI is InChI=1S/C10H17N3/c1-4-10(5-6-10)9-11-8(7(2)3)12-13-9/h7H,4-6H2,1-3H3,(H,11,12,13). The van der Waals surface area contributed by atoms with Crippen molar-refractivity contribution in [3.63, 3.8) is 0 Å². The molecule has 1 aliphatic rings. The Bertz CT molecular complexity index is 297. The number of aromatic amines is 1. The van der Waals surface area contributed by atoms with Gasteiger partial charge in [-0.25, -0.2) is 4.98 Å². The van der Waals surface area contributed by atoms with E-state index in [1.807, 2.05) is 0 Å². The maximum Gasteiger partial charge on any atom is 0.156 e. The lowest BCUT2D eigenvalue weighted by Crippen LogP contribution is -2.06. The van der Waals surface area contributed by atoms with E-state index in [2.05, 4.69) is 36.0 Å². The maximum atomic E-state index is 4.55. The van der Waals surface area contributed by atoms with Crippen LogP contribution in [0.5, 0.6) is 0 Å². The molecule has 13 heavy (non-hydrogen) atoms. The Kier molecular flexibility index (Phi) is 1.90. The third-order valence-electron chi connectivity index (χ3n) is 3.05. The van der Waals surface area contributed by atoms with E-state index in [1.54, 1.807) is 0 Å². The van der Waals surface area contributed by atoms with Gasteiger partial charge in [-0.15, -0.1) is 0 Å². The van der Waals surface area contributed by atoms with Crippen LogP contribution in [-0.4, -0.2) is 15.2 Å². The molecule has 0 bridgehead atoms. The average Bonchev–Trinajstić information content (AvgIpc) is 2.75. The number of hydrogen-bond acceptors (Lipinski definition) is 2. The van der Waals surface area contributed by atoms with Gasteiger partial charge in [-0.1, -0.05) is 20.8 Å². The van der Waals surface area contributed by atoms with Crippen LogP contribution < -0.4 is 0 Å². The first-order valence-electron chi connectivity index (χ1n) is 5.11. The first-order valence-corrected chi connectivity index (χ1v) is 5.11. The van der Waals surface area contributed by atoms with E-state index in [0.29, 0.717) is 11.3 Å². The highest BCUT2D eigenvalue weighted by Gasteiger charge is 2.45. The predicted octanol–water partition coefficient (Wildman–Crippen LogP) is 2.37. The van der Waals surface area contributed by atoms with E-state index in [4.69, 9.17) is 0 Å². The molecule has 0 spiro atoms. The molecule has 1 N–H and O–H groups in total. The molecule has 2 rings (SSSR count). The molecule has 0 amide bonds. The van der Waals surface area contributed by atoms with Crippen LogP contribution in [0.4, 0.5) is 0 Å². The van der Waals surface area contributed by atoms with Crippen LogP contribution in [0.25, 0.3) is 0 Å². The van der Waals surface area contributed by atoms with E-state index < -0.39 is 0 Å². The number of nitrogens with zero attached hydrogens (tertiary/aromatic N) is 2. The molecule has 0 saturated heterocycles. The number of H-pyrrole nitrogens is 1. The van der Waals surface area contributed by atoms with Gasteiger partial charge < -0.3 is 0 Å². The van der Waals surface area contributed by atoms with E-state index in [-0.39, 0.29) is 0 Å². The lowest BCUT2D eigenvalue weighted by atomic mass is 10.0. The van der Waals surface area contributed by atoms with E-state index in [9.17, 15) is 0 Å². The van der Waals surface area contributed by atoms with Crippen molar-refractivity contribution in [2.75, 3.05) is 0 Å². The zero-order valence-corrected chi connectivity index (χ0v) is 8.59. The van der Waals surface area contributed by atoms with E-state index in [0.717, 1.165) is 11.6 Å². The van der Waals surface area contributed by atoms with Gasteiger partial charge in [-0.05, 0) is 19.3 Å². The third-order valence-corrected chi connectivity index (χ3v) is 3.05. The Balaban J connectivity index is 2.23. The van der Waals surface area contributed by atoms with Crippen LogP contribution in [0.15, 0.2) is 0 Å². The van der Waals surface area contributed by atoms with Crippen LogP contribution in [-0.2, 0) is 5.41 Å². The highest BCUT2D eigenvalue weighted by Crippen LogP contribution is 2.49. The quantitative estimate of drug-likeness (QED) is 0.774. The summed E-state index contributed by atoms with van der Waals surface area (Å²) in [5.41, 5.74) is 0.337. The van der Waals surface area contributed by atoms with Gasteiger partial charge in [0.2, 0.25) is 0 Å². The van der Waals surface area contributed by atoms with Crippen molar-refractivity contribution in [1.82, 2.24) is 15.2 Å². The normalized spacial score (nSPS) is 19.4. The van der Waals surface area contributed by atoms with Crippen molar-refractivity contribution >= 4 is 0 Å². The van der Waals surface area contributed by atoms with Crippen molar-refractivity contribution in [2.45, 2.75) is 51.4 Å². The Morgan fingerprint density at radius 2 is 2.15 bits per heavy atom. The van der Waals surface area contributed by atoms with Crippen LogP contribution in [0.2, 0.25) is 0 Å². The third kappa shape index (κ3) is 1.36. The summed E-state index contributed by atoms with van der Waals surface area (Å²) in [6, 6.07) is 0.